The van der Waals surface area contributed by atoms with Gasteiger partial charge in [0.25, 0.3) is 0 Å². The summed E-state index contributed by atoms with van der Waals surface area (Å²) in [5.74, 6) is 0.827. The van der Waals surface area contributed by atoms with E-state index in [4.69, 9.17) is 16.9 Å². The van der Waals surface area contributed by atoms with Gasteiger partial charge in [0.05, 0.1) is 16.9 Å². The molecule has 0 radical (unpaired) electrons. The first-order valence-electron chi connectivity index (χ1n) is 4.32. The Kier molecular flexibility index (Phi) is 1.61. The third-order valence-corrected chi connectivity index (χ3v) is 3.96. The monoisotopic (exact) mass is 169 g/mol. The zero-order chi connectivity index (χ0) is 7.90. The quantitative estimate of drug-likeness (QED) is 0.512. The highest BCUT2D eigenvalue weighted by molar-refractivity contribution is 6.21. The van der Waals surface area contributed by atoms with Crippen molar-refractivity contribution < 1.29 is 0 Å². The molecule has 0 heterocycles. The molecular formula is C9H12ClN. The summed E-state index contributed by atoms with van der Waals surface area (Å²) in [6, 6.07) is 2.42. The van der Waals surface area contributed by atoms with Crippen LogP contribution >= 0.6 is 11.6 Å². The summed E-state index contributed by atoms with van der Waals surface area (Å²) in [5, 5.41) is 9.14. The van der Waals surface area contributed by atoms with E-state index >= 15 is 0 Å². The summed E-state index contributed by atoms with van der Waals surface area (Å²) in [4.78, 5) is 0. The fourth-order valence-corrected chi connectivity index (χ4v) is 2.96. The highest BCUT2D eigenvalue weighted by Gasteiger charge is 2.47. The number of hydrogen-bond acceptors (Lipinski definition) is 1. The van der Waals surface area contributed by atoms with Gasteiger partial charge in [-0.3, -0.25) is 0 Å². The van der Waals surface area contributed by atoms with Gasteiger partial charge in [-0.25, -0.2) is 0 Å². The first-order valence-corrected chi connectivity index (χ1v) is 4.76. The fraction of sp³-hybridized carbons (Fsp3) is 0.889. The maximum absolute atomic E-state index is 9.00. The van der Waals surface area contributed by atoms with Crippen LogP contribution in [0.15, 0.2) is 0 Å². The van der Waals surface area contributed by atoms with Gasteiger partial charge in [-0.05, 0) is 38.0 Å². The van der Waals surface area contributed by atoms with Gasteiger partial charge in [-0.15, -0.1) is 11.6 Å². The predicted octanol–water partition coefficient (Wildman–Crippen LogP) is 2.70. The molecule has 0 amide bonds. The molecule has 1 atom stereocenters. The second-order valence-corrected chi connectivity index (χ2v) is 4.44. The molecule has 0 aliphatic heterocycles. The lowest BCUT2D eigenvalue weighted by Crippen LogP contribution is -2.41. The maximum atomic E-state index is 9.00. The van der Waals surface area contributed by atoms with Crippen molar-refractivity contribution in [3.8, 4) is 6.07 Å². The Labute approximate surface area is 72.3 Å². The lowest BCUT2D eigenvalue weighted by Gasteiger charge is -2.45. The van der Waals surface area contributed by atoms with E-state index in [1.54, 1.807) is 0 Å². The Balaban J connectivity index is 2.25. The molecule has 1 unspecified atom stereocenters. The topological polar surface area (TPSA) is 23.8 Å². The van der Waals surface area contributed by atoms with Crippen LogP contribution in [-0.4, -0.2) is 5.38 Å². The van der Waals surface area contributed by atoms with Crippen LogP contribution in [0.2, 0.25) is 0 Å². The van der Waals surface area contributed by atoms with Crippen molar-refractivity contribution in [1.29, 1.82) is 5.26 Å². The minimum atomic E-state index is -0.143. The van der Waals surface area contributed by atoms with Crippen molar-refractivity contribution in [1.82, 2.24) is 0 Å². The molecular weight excluding hydrogens is 158 g/mol. The normalized spacial score (nSPS) is 48.7. The Morgan fingerprint density at radius 3 is 2.36 bits per heavy atom. The Morgan fingerprint density at radius 2 is 2.00 bits per heavy atom. The largest absolute Gasteiger partial charge is 0.198 e. The van der Waals surface area contributed by atoms with E-state index in [1.807, 2.05) is 0 Å². The second-order valence-electron chi connectivity index (χ2n) is 3.91. The summed E-state index contributed by atoms with van der Waals surface area (Å²) >= 11 is 6.15. The lowest BCUT2D eigenvalue weighted by molar-refractivity contribution is 0.123. The van der Waals surface area contributed by atoms with Crippen LogP contribution in [0.5, 0.6) is 0 Å². The van der Waals surface area contributed by atoms with E-state index in [0.717, 1.165) is 25.2 Å². The van der Waals surface area contributed by atoms with E-state index in [0.29, 0.717) is 0 Å². The van der Waals surface area contributed by atoms with Crippen molar-refractivity contribution in [2.24, 2.45) is 11.3 Å². The molecule has 0 aromatic heterocycles. The van der Waals surface area contributed by atoms with Crippen LogP contribution in [0.4, 0.5) is 0 Å². The molecule has 3 aliphatic rings. The van der Waals surface area contributed by atoms with E-state index in [-0.39, 0.29) is 10.8 Å². The number of hydrogen-bond donors (Lipinski definition) is 0. The van der Waals surface area contributed by atoms with Gasteiger partial charge in [-0.1, -0.05) is 0 Å². The average molecular weight is 170 g/mol. The first kappa shape index (κ1) is 7.43. The molecule has 0 aromatic carbocycles. The summed E-state index contributed by atoms with van der Waals surface area (Å²) in [6.07, 6.45) is 5.63. The molecule has 3 saturated carbocycles. The van der Waals surface area contributed by atoms with Crippen molar-refractivity contribution in [2.45, 2.75) is 37.5 Å². The number of nitrogens with zero attached hydrogens (tertiary/aromatic N) is 1. The van der Waals surface area contributed by atoms with Crippen LogP contribution in [0.25, 0.3) is 0 Å². The van der Waals surface area contributed by atoms with Crippen LogP contribution in [0.1, 0.15) is 32.1 Å². The third-order valence-electron chi connectivity index (χ3n) is 3.36. The van der Waals surface area contributed by atoms with Gasteiger partial charge in [-0.2, -0.15) is 5.26 Å². The van der Waals surface area contributed by atoms with Crippen molar-refractivity contribution in [3.05, 3.63) is 0 Å². The molecule has 11 heavy (non-hydrogen) atoms. The molecule has 3 fully saturated rings. The molecule has 0 N–H and O–H groups in total. The molecule has 3 aliphatic carbocycles. The standard InChI is InChI=1S/C9H12ClN/c10-8-5-7-1-3-9(8,6-11)4-2-7/h7-8H,1-5H2. The Morgan fingerprint density at radius 1 is 1.36 bits per heavy atom. The summed E-state index contributed by atoms with van der Waals surface area (Å²) in [7, 11) is 0. The second kappa shape index (κ2) is 2.38. The summed E-state index contributed by atoms with van der Waals surface area (Å²) < 4.78 is 0. The number of fused-ring (bicyclic) bond motifs is 3. The minimum absolute atomic E-state index is 0.139. The summed E-state index contributed by atoms with van der Waals surface area (Å²) in [5.41, 5.74) is -0.143. The van der Waals surface area contributed by atoms with E-state index in [9.17, 15) is 0 Å². The smallest absolute Gasteiger partial charge is 0.0737 e. The molecule has 60 valence electrons. The van der Waals surface area contributed by atoms with Crippen LogP contribution in [0, 0.1) is 22.7 Å². The van der Waals surface area contributed by atoms with E-state index < -0.39 is 0 Å². The molecule has 2 heteroatoms. The van der Waals surface area contributed by atoms with Crippen molar-refractivity contribution in [3.63, 3.8) is 0 Å². The fourth-order valence-electron chi connectivity index (χ4n) is 2.44. The number of halogens is 1. The Hall–Kier alpha value is -0.220. The molecule has 0 saturated heterocycles. The number of rotatable bonds is 0. The molecule has 3 rings (SSSR count). The molecule has 0 aromatic rings. The van der Waals surface area contributed by atoms with Crippen LogP contribution < -0.4 is 0 Å². The Bertz CT molecular complexity index is 198. The maximum Gasteiger partial charge on any atom is 0.0737 e. The zero-order valence-corrected chi connectivity index (χ0v) is 7.27. The molecule has 0 spiro atoms. The number of nitriles is 1. The van der Waals surface area contributed by atoms with E-state index in [1.165, 1.54) is 12.8 Å². The minimum Gasteiger partial charge on any atom is -0.198 e. The van der Waals surface area contributed by atoms with E-state index in [2.05, 4.69) is 6.07 Å². The van der Waals surface area contributed by atoms with Gasteiger partial charge in [0, 0.05) is 0 Å². The van der Waals surface area contributed by atoms with Gasteiger partial charge < -0.3 is 0 Å². The van der Waals surface area contributed by atoms with Gasteiger partial charge in [0.2, 0.25) is 0 Å². The van der Waals surface area contributed by atoms with Crippen LogP contribution in [-0.2, 0) is 0 Å². The van der Waals surface area contributed by atoms with Gasteiger partial charge in [0.1, 0.15) is 0 Å². The highest BCUT2D eigenvalue weighted by Crippen LogP contribution is 2.51. The van der Waals surface area contributed by atoms with Gasteiger partial charge >= 0.3 is 0 Å². The average Bonchev–Trinajstić information content (AvgIpc) is 2.07. The van der Waals surface area contributed by atoms with Crippen molar-refractivity contribution in [2.75, 3.05) is 0 Å². The lowest BCUT2D eigenvalue weighted by atomic mass is 9.61. The highest BCUT2D eigenvalue weighted by atomic mass is 35.5. The predicted molar refractivity (Wildman–Crippen MR) is 44.3 cm³/mol. The summed E-state index contributed by atoms with van der Waals surface area (Å²) in [6.45, 7) is 0. The zero-order valence-electron chi connectivity index (χ0n) is 6.52. The molecule has 2 bridgehead atoms. The third kappa shape index (κ3) is 0.964. The van der Waals surface area contributed by atoms with Crippen LogP contribution in [0.3, 0.4) is 0 Å². The van der Waals surface area contributed by atoms with Crippen molar-refractivity contribution >= 4 is 11.6 Å². The van der Waals surface area contributed by atoms with Gasteiger partial charge in [0.15, 0.2) is 0 Å². The molecule has 1 nitrogen and oxygen atoms in total. The SMILES string of the molecule is N#CC12CCC(CC1)CC2Cl. The number of alkyl halides is 1. The first-order chi connectivity index (χ1) is 5.27.